The van der Waals surface area contributed by atoms with Gasteiger partial charge in [-0.2, -0.15) is 0 Å². The quantitative estimate of drug-likeness (QED) is 0.0536. The SMILES string of the molecule is CCCCCCCCCCCCCC=CC(O)C(COP(=O)(O)O)NC(=O)CCCCCCC.N. The summed E-state index contributed by atoms with van der Waals surface area (Å²) in [4.78, 5) is 30.2. The highest BCUT2D eigenvalue weighted by Crippen LogP contribution is 2.35. The van der Waals surface area contributed by atoms with Crippen LogP contribution in [-0.2, 0) is 13.9 Å². The summed E-state index contributed by atoms with van der Waals surface area (Å²) in [6.45, 7) is 3.92. The second-order valence-corrected chi connectivity index (χ2v) is 10.6. The molecule has 1 amide bonds. The van der Waals surface area contributed by atoms with Crippen LogP contribution in [0.3, 0.4) is 0 Å². The normalized spacial score (nSPS) is 13.5. The number of hydrogen-bond acceptors (Lipinski definition) is 5. The highest BCUT2D eigenvalue weighted by molar-refractivity contribution is 7.46. The van der Waals surface area contributed by atoms with Crippen LogP contribution >= 0.6 is 7.82 Å². The lowest BCUT2D eigenvalue weighted by molar-refractivity contribution is -0.123. The molecule has 210 valence electrons. The van der Waals surface area contributed by atoms with Crippen molar-refractivity contribution in [3.05, 3.63) is 12.2 Å². The number of allylic oxidation sites excluding steroid dienone is 1. The van der Waals surface area contributed by atoms with E-state index in [0.717, 1.165) is 51.4 Å². The molecular weight excluding hydrogens is 467 g/mol. The smallest absolute Gasteiger partial charge is 0.387 e. The molecule has 0 aliphatic carbocycles. The third-order valence-corrected chi connectivity index (χ3v) is 6.48. The third-order valence-electron chi connectivity index (χ3n) is 6.00. The number of carbonyl (C=O) groups excluding carboxylic acids is 1. The van der Waals surface area contributed by atoms with Crippen molar-refractivity contribution < 1.29 is 28.8 Å². The first kappa shape index (κ1) is 36.4. The number of unbranched alkanes of at least 4 members (excludes halogenated alkanes) is 15. The van der Waals surface area contributed by atoms with Gasteiger partial charge in [0.2, 0.25) is 5.91 Å². The first-order chi connectivity index (χ1) is 16.3. The van der Waals surface area contributed by atoms with Crippen molar-refractivity contribution in [3.8, 4) is 0 Å². The van der Waals surface area contributed by atoms with Crippen LogP contribution in [-0.4, -0.2) is 39.6 Å². The Kier molecular flexibility index (Phi) is 25.9. The third kappa shape index (κ3) is 26.1. The Hall–Kier alpha value is -0.760. The largest absolute Gasteiger partial charge is 0.469 e. The summed E-state index contributed by atoms with van der Waals surface area (Å²) < 4.78 is 15.6. The van der Waals surface area contributed by atoms with Gasteiger partial charge in [0.05, 0.1) is 18.8 Å². The molecule has 0 aromatic rings. The molecule has 0 spiro atoms. The number of rotatable bonds is 24. The van der Waals surface area contributed by atoms with E-state index < -0.39 is 26.6 Å². The van der Waals surface area contributed by atoms with E-state index in [-0.39, 0.29) is 12.1 Å². The molecule has 0 saturated heterocycles. The van der Waals surface area contributed by atoms with Crippen LogP contribution in [0.25, 0.3) is 0 Å². The van der Waals surface area contributed by atoms with Crippen molar-refractivity contribution in [2.45, 2.75) is 142 Å². The van der Waals surface area contributed by atoms with Gasteiger partial charge in [-0.15, -0.1) is 0 Å². The molecule has 2 unspecified atom stereocenters. The molecule has 7 N–H and O–H groups in total. The summed E-state index contributed by atoms with van der Waals surface area (Å²) in [6, 6.07) is -0.899. The number of hydrogen-bond donors (Lipinski definition) is 5. The van der Waals surface area contributed by atoms with E-state index in [0.29, 0.717) is 6.42 Å². The number of aliphatic hydroxyl groups is 1. The fourth-order valence-corrected chi connectivity index (χ4v) is 4.22. The van der Waals surface area contributed by atoms with Gasteiger partial charge in [-0.1, -0.05) is 116 Å². The fraction of sp³-hybridized carbons (Fsp3) is 0.885. The maximum atomic E-state index is 12.2. The molecule has 0 radical (unpaired) electrons. The first-order valence-electron chi connectivity index (χ1n) is 13.6. The van der Waals surface area contributed by atoms with Crippen LogP contribution < -0.4 is 11.5 Å². The zero-order valence-electron chi connectivity index (χ0n) is 22.5. The van der Waals surface area contributed by atoms with Crippen LogP contribution in [0, 0.1) is 0 Å². The van der Waals surface area contributed by atoms with Crippen molar-refractivity contribution in [1.29, 1.82) is 0 Å². The standard InChI is InChI=1S/C26H52NO6P.H3N/c1-3-5-7-9-10-11-12-13-14-15-16-18-19-21-25(28)24(23-33-34(30,31)32)27-26(29)22-20-17-8-6-4-2;/h19,21,24-25,28H,3-18,20,22-23H2,1-2H3,(H,27,29)(H2,30,31,32);1H3. The molecule has 0 fully saturated rings. The zero-order chi connectivity index (χ0) is 25.5. The number of carbonyl (C=O) groups is 1. The average Bonchev–Trinajstić information content (AvgIpc) is 2.78. The summed E-state index contributed by atoms with van der Waals surface area (Å²) in [5.41, 5.74) is 0. The monoisotopic (exact) mass is 522 g/mol. The predicted molar refractivity (Wildman–Crippen MR) is 145 cm³/mol. The number of phosphoric ester groups is 1. The average molecular weight is 523 g/mol. The van der Waals surface area contributed by atoms with Gasteiger partial charge in [0.25, 0.3) is 0 Å². The highest BCUT2D eigenvalue weighted by Gasteiger charge is 2.24. The van der Waals surface area contributed by atoms with Gasteiger partial charge in [0.15, 0.2) is 0 Å². The van der Waals surface area contributed by atoms with Gasteiger partial charge in [-0.05, 0) is 19.3 Å². The number of aliphatic hydroxyl groups excluding tert-OH is 1. The number of phosphoric acid groups is 1. The Morgan fingerprint density at radius 2 is 1.29 bits per heavy atom. The van der Waals surface area contributed by atoms with Gasteiger partial charge in [-0.3, -0.25) is 9.32 Å². The molecule has 0 aliphatic heterocycles. The molecule has 0 aromatic heterocycles. The molecule has 9 heteroatoms. The lowest BCUT2D eigenvalue weighted by atomic mass is 10.0. The second-order valence-electron chi connectivity index (χ2n) is 9.37. The van der Waals surface area contributed by atoms with Crippen molar-refractivity contribution in [3.63, 3.8) is 0 Å². The van der Waals surface area contributed by atoms with Gasteiger partial charge in [0.1, 0.15) is 0 Å². The summed E-state index contributed by atoms with van der Waals surface area (Å²) >= 11 is 0. The summed E-state index contributed by atoms with van der Waals surface area (Å²) in [5.74, 6) is -0.242. The Morgan fingerprint density at radius 3 is 1.77 bits per heavy atom. The first-order valence-corrected chi connectivity index (χ1v) is 15.2. The molecule has 0 bridgehead atoms. The van der Waals surface area contributed by atoms with Crippen molar-refractivity contribution in [2.24, 2.45) is 0 Å². The van der Waals surface area contributed by atoms with Gasteiger partial charge in [-0.25, -0.2) is 4.57 Å². The summed E-state index contributed by atoms with van der Waals surface area (Å²) in [6.07, 6.45) is 22.7. The highest BCUT2D eigenvalue weighted by atomic mass is 31.2. The molecule has 35 heavy (non-hydrogen) atoms. The van der Waals surface area contributed by atoms with Crippen LogP contribution in [0.5, 0.6) is 0 Å². The Bertz CT molecular complexity index is 556. The molecule has 2 atom stereocenters. The summed E-state index contributed by atoms with van der Waals surface area (Å²) in [5, 5.41) is 13.1. The Labute approximate surface area is 214 Å². The Morgan fingerprint density at radius 1 is 0.829 bits per heavy atom. The topological polar surface area (TPSA) is 151 Å². The molecule has 0 heterocycles. The summed E-state index contributed by atoms with van der Waals surface area (Å²) in [7, 11) is -4.68. The van der Waals surface area contributed by atoms with E-state index in [2.05, 4.69) is 23.7 Å². The van der Waals surface area contributed by atoms with E-state index in [1.54, 1.807) is 6.08 Å². The maximum Gasteiger partial charge on any atom is 0.469 e. The van der Waals surface area contributed by atoms with Crippen molar-refractivity contribution in [1.82, 2.24) is 11.5 Å². The van der Waals surface area contributed by atoms with Crippen molar-refractivity contribution >= 4 is 13.7 Å². The van der Waals surface area contributed by atoms with Crippen LogP contribution in [0.1, 0.15) is 129 Å². The predicted octanol–water partition coefficient (Wildman–Crippen LogP) is 6.72. The van der Waals surface area contributed by atoms with E-state index in [4.69, 9.17) is 9.79 Å². The lowest BCUT2D eigenvalue weighted by Gasteiger charge is -2.22. The molecule has 0 aliphatic rings. The van der Waals surface area contributed by atoms with Gasteiger partial charge < -0.3 is 26.4 Å². The van der Waals surface area contributed by atoms with Crippen LogP contribution in [0.15, 0.2) is 12.2 Å². The fourth-order valence-electron chi connectivity index (χ4n) is 3.87. The van der Waals surface area contributed by atoms with Crippen LogP contribution in [0.2, 0.25) is 0 Å². The molecule has 0 aromatic carbocycles. The van der Waals surface area contributed by atoms with Gasteiger partial charge in [0, 0.05) is 6.42 Å². The van der Waals surface area contributed by atoms with E-state index >= 15 is 0 Å². The Balaban J connectivity index is 0. The van der Waals surface area contributed by atoms with E-state index in [9.17, 15) is 14.5 Å². The lowest BCUT2D eigenvalue weighted by Crippen LogP contribution is -2.45. The van der Waals surface area contributed by atoms with Crippen LogP contribution in [0.4, 0.5) is 0 Å². The number of amides is 1. The zero-order valence-corrected chi connectivity index (χ0v) is 23.4. The van der Waals surface area contributed by atoms with E-state index in [1.807, 2.05) is 6.08 Å². The maximum absolute atomic E-state index is 12.2. The minimum atomic E-state index is -4.68. The molecule has 8 nitrogen and oxygen atoms in total. The minimum Gasteiger partial charge on any atom is -0.387 e. The molecule has 0 rings (SSSR count). The number of nitrogens with one attached hydrogen (secondary N) is 1. The second kappa shape index (κ2) is 24.9. The molecular formula is C26H55N2O6P. The van der Waals surface area contributed by atoms with Crippen molar-refractivity contribution in [2.75, 3.05) is 6.61 Å². The molecule has 0 saturated carbocycles. The van der Waals surface area contributed by atoms with Gasteiger partial charge >= 0.3 is 7.82 Å². The van der Waals surface area contributed by atoms with E-state index in [1.165, 1.54) is 57.8 Å². The minimum absolute atomic E-state index is 0.